The molecule has 74 valence electrons. The molecule has 0 unspecified atom stereocenters. The molecular formula is C9H8BrFN2O. The summed E-state index contributed by atoms with van der Waals surface area (Å²) in [4.78, 5) is 14.7. The molecule has 0 bridgehead atoms. The number of amides is 1. The summed E-state index contributed by atoms with van der Waals surface area (Å²) in [5.74, 6) is -1.10. The van der Waals surface area contributed by atoms with E-state index in [1.807, 2.05) is 0 Å². The van der Waals surface area contributed by atoms with Gasteiger partial charge in [-0.2, -0.15) is 4.39 Å². The number of halogens is 2. The maximum absolute atomic E-state index is 12.6. The highest BCUT2D eigenvalue weighted by Crippen LogP contribution is 2.00. The van der Waals surface area contributed by atoms with E-state index in [1.165, 1.54) is 18.2 Å². The highest BCUT2D eigenvalue weighted by atomic mass is 79.9. The first-order chi connectivity index (χ1) is 6.59. The zero-order valence-electron chi connectivity index (χ0n) is 7.26. The van der Waals surface area contributed by atoms with E-state index in [1.54, 1.807) is 0 Å². The van der Waals surface area contributed by atoms with Gasteiger partial charge in [0.15, 0.2) is 0 Å². The third-order valence-electron chi connectivity index (χ3n) is 1.39. The molecular weight excluding hydrogens is 251 g/mol. The van der Waals surface area contributed by atoms with Crippen LogP contribution in [-0.4, -0.2) is 17.4 Å². The van der Waals surface area contributed by atoms with Crippen LogP contribution in [-0.2, 0) is 0 Å². The minimum absolute atomic E-state index is 0.0544. The molecule has 1 amide bonds. The second kappa shape index (κ2) is 4.85. The summed E-state index contributed by atoms with van der Waals surface area (Å²) in [6.07, 6.45) is 0. The van der Waals surface area contributed by atoms with Crippen molar-refractivity contribution < 1.29 is 9.18 Å². The van der Waals surface area contributed by atoms with Crippen LogP contribution in [0.5, 0.6) is 0 Å². The molecule has 1 aromatic heterocycles. The average molecular weight is 259 g/mol. The lowest BCUT2D eigenvalue weighted by molar-refractivity contribution is 0.0951. The Kier molecular flexibility index (Phi) is 3.76. The number of carbonyl (C=O) groups is 1. The van der Waals surface area contributed by atoms with Gasteiger partial charge in [-0.15, -0.1) is 0 Å². The fourth-order valence-corrected chi connectivity index (χ4v) is 0.942. The van der Waals surface area contributed by atoms with Crippen molar-refractivity contribution in [1.82, 2.24) is 10.3 Å². The number of rotatable bonds is 3. The van der Waals surface area contributed by atoms with Crippen molar-refractivity contribution in [3.63, 3.8) is 0 Å². The summed E-state index contributed by atoms with van der Waals surface area (Å²) in [6, 6.07) is 4.05. The Morgan fingerprint density at radius 3 is 2.93 bits per heavy atom. The van der Waals surface area contributed by atoms with E-state index in [0.717, 1.165) is 0 Å². The Labute approximate surface area is 89.2 Å². The standard InChI is InChI=1S/C9H8BrFN2O/c1-6(10)5-12-9(14)7-3-2-4-8(11)13-7/h2-4H,1,5H2,(H,12,14). The van der Waals surface area contributed by atoms with E-state index in [-0.39, 0.29) is 12.2 Å². The minimum Gasteiger partial charge on any atom is -0.346 e. The maximum Gasteiger partial charge on any atom is 0.270 e. The summed E-state index contributed by atoms with van der Waals surface area (Å²) >= 11 is 3.09. The number of nitrogens with one attached hydrogen (secondary N) is 1. The van der Waals surface area contributed by atoms with Crippen LogP contribution in [0.3, 0.4) is 0 Å². The fraction of sp³-hybridized carbons (Fsp3) is 0.111. The van der Waals surface area contributed by atoms with E-state index in [0.29, 0.717) is 4.48 Å². The topological polar surface area (TPSA) is 42.0 Å². The average Bonchev–Trinajstić information content (AvgIpc) is 2.14. The van der Waals surface area contributed by atoms with Crippen LogP contribution >= 0.6 is 15.9 Å². The van der Waals surface area contributed by atoms with E-state index in [4.69, 9.17) is 0 Å². The van der Waals surface area contributed by atoms with E-state index in [9.17, 15) is 9.18 Å². The lowest BCUT2D eigenvalue weighted by Crippen LogP contribution is -2.25. The molecule has 0 aliphatic rings. The molecule has 0 radical (unpaired) electrons. The molecule has 1 N–H and O–H groups in total. The predicted octanol–water partition coefficient (Wildman–Crippen LogP) is 1.86. The molecule has 0 spiro atoms. The Bertz CT molecular complexity index is 368. The van der Waals surface area contributed by atoms with Crippen LogP contribution in [0.1, 0.15) is 10.5 Å². The second-order valence-electron chi connectivity index (χ2n) is 2.55. The van der Waals surface area contributed by atoms with Crippen LogP contribution in [0.2, 0.25) is 0 Å². The van der Waals surface area contributed by atoms with Gasteiger partial charge in [0.05, 0.1) is 0 Å². The molecule has 0 aliphatic heterocycles. The first kappa shape index (κ1) is 10.8. The third-order valence-corrected chi connectivity index (χ3v) is 1.67. The van der Waals surface area contributed by atoms with Gasteiger partial charge in [0.1, 0.15) is 5.69 Å². The molecule has 14 heavy (non-hydrogen) atoms. The lowest BCUT2D eigenvalue weighted by atomic mass is 10.3. The molecule has 3 nitrogen and oxygen atoms in total. The van der Waals surface area contributed by atoms with E-state index in [2.05, 4.69) is 32.8 Å². The number of carbonyl (C=O) groups excluding carboxylic acids is 1. The molecule has 0 aliphatic carbocycles. The number of hydrogen-bond acceptors (Lipinski definition) is 2. The normalized spacial score (nSPS) is 9.57. The monoisotopic (exact) mass is 258 g/mol. The summed E-state index contributed by atoms with van der Waals surface area (Å²) in [6.45, 7) is 3.83. The molecule has 0 saturated heterocycles. The van der Waals surface area contributed by atoms with Gasteiger partial charge >= 0.3 is 0 Å². The Balaban J connectivity index is 2.65. The van der Waals surface area contributed by atoms with Crippen LogP contribution < -0.4 is 5.32 Å². The van der Waals surface area contributed by atoms with Gasteiger partial charge in [-0.25, -0.2) is 4.98 Å². The Hall–Kier alpha value is -1.23. The summed E-state index contributed by atoms with van der Waals surface area (Å²) in [5.41, 5.74) is 0.0544. The van der Waals surface area contributed by atoms with E-state index >= 15 is 0 Å². The van der Waals surface area contributed by atoms with Gasteiger partial charge in [0, 0.05) is 11.0 Å². The first-order valence-electron chi connectivity index (χ1n) is 3.83. The number of nitrogens with zero attached hydrogens (tertiary/aromatic N) is 1. The number of aromatic nitrogens is 1. The molecule has 0 fully saturated rings. The largest absolute Gasteiger partial charge is 0.346 e. The zero-order chi connectivity index (χ0) is 10.6. The molecule has 1 rings (SSSR count). The molecule has 0 atom stereocenters. The van der Waals surface area contributed by atoms with Crippen LogP contribution in [0.25, 0.3) is 0 Å². The second-order valence-corrected chi connectivity index (χ2v) is 3.67. The van der Waals surface area contributed by atoms with Crippen LogP contribution in [0.15, 0.2) is 29.3 Å². The molecule has 1 aromatic rings. The van der Waals surface area contributed by atoms with Gasteiger partial charge in [0.2, 0.25) is 5.95 Å². The van der Waals surface area contributed by atoms with Gasteiger partial charge < -0.3 is 5.32 Å². The van der Waals surface area contributed by atoms with Crippen LogP contribution in [0.4, 0.5) is 4.39 Å². The van der Waals surface area contributed by atoms with Gasteiger partial charge in [-0.3, -0.25) is 4.79 Å². The van der Waals surface area contributed by atoms with Crippen molar-refractivity contribution >= 4 is 21.8 Å². The highest BCUT2D eigenvalue weighted by molar-refractivity contribution is 9.11. The van der Waals surface area contributed by atoms with Gasteiger partial charge in [-0.1, -0.05) is 28.6 Å². The quantitative estimate of drug-likeness (QED) is 0.842. The number of hydrogen-bond donors (Lipinski definition) is 1. The Morgan fingerprint density at radius 1 is 1.64 bits per heavy atom. The smallest absolute Gasteiger partial charge is 0.270 e. The first-order valence-corrected chi connectivity index (χ1v) is 4.63. The summed E-state index contributed by atoms with van der Waals surface area (Å²) < 4.78 is 13.2. The third kappa shape index (κ3) is 3.26. The molecule has 0 saturated carbocycles. The summed E-state index contributed by atoms with van der Waals surface area (Å²) in [7, 11) is 0. The highest BCUT2D eigenvalue weighted by Gasteiger charge is 2.06. The fourth-order valence-electron chi connectivity index (χ4n) is 0.801. The van der Waals surface area contributed by atoms with Crippen molar-refractivity contribution in [2.75, 3.05) is 6.54 Å². The van der Waals surface area contributed by atoms with Crippen molar-refractivity contribution in [3.8, 4) is 0 Å². The SMILES string of the molecule is C=C(Br)CNC(=O)c1cccc(F)n1. The summed E-state index contributed by atoms with van der Waals surface area (Å²) in [5, 5.41) is 2.51. The molecule has 0 aromatic carbocycles. The molecule has 1 heterocycles. The van der Waals surface area contributed by atoms with Crippen molar-refractivity contribution in [1.29, 1.82) is 0 Å². The Morgan fingerprint density at radius 2 is 2.36 bits per heavy atom. The van der Waals surface area contributed by atoms with Crippen molar-refractivity contribution in [2.45, 2.75) is 0 Å². The van der Waals surface area contributed by atoms with Crippen molar-refractivity contribution in [2.24, 2.45) is 0 Å². The van der Waals surface area contributed by atoms with Gasteiger partial charge in [-0.05, 0) is 12.1 Å². The molecule has 5 heteroatoms. The maximum atomic E-state index is 12.6. The van der Waals surface area contributed by atoms with Gasteiger partial charge in [0.25, 0.3) is 5.91 Å². The van der Waals surface area contributed by atoms with Crippen molar-refractivity contribution in [3.05, 3.63) is 40.9 Å². The zero-order valence-corrected chi connectivity index (χ0v) is 8.84. The predicted molar refractivity (Wildman–Crippen MR) is 54.6 cm³/mol. The van der Waals surface area contributed by atoms with E-state index < -0.39 is 11.9 Å². The minimum atomic E-state index is -0.671. The lowest BCUT2D eigenvalue weighted by Gasteiger charge is -2.02. The van der Waals surface area contributed by atoms with Crippen LogP contribution in [0, 0.1) is 5.95 Å². The number of pyridine rings is 1.